The summed E-state index contributed by atoms with van der Waals surface area (Å²) < 4.78 is 11.0. The van der Waals surface area contributed by atoms with Crippen LogP contribution in [0.4, 0.5) is 5.69 Å². The standard InChI is InChI=1S/C37H43N3O5/c1-25-27(21-22-33(42)45-37(2,3)4)15-10-16-31(25)38-35(43)34(28-11-8-9-12-28)29-19-17-26(18-20-29)23-40-32(41)24-44-36(39-40)30-13-6-5-7-14-30/h5-7,10,13-20,28,34H,8-9,11-12,21-24H2,1-4H3,(H,38,43)/t34-/m1/s1. The largest absolute Gasteiger partial charge is 0.466 e. The molecule has 0 radical (unpaired) electrons. The molecule has 1 aliphatic carbocycles. The molecule has 2 aliphatic rings. The van der Waals surface area contributed by atoms with Crippen LogP contribution in [0.25, 0.3) is 0 Å². The Bertz CT molecular complexity index is 1540. The molecule has 1 fully saturated rings. The monoisotopic (exact) mass is 609 g/mol. The molecule has 0 aromatic heterocycles. The number of hydrazone groups is 1. The molecule has 3 aromatic rings. The Labute approximate surface area is 265 Å². The molecule has 8 nitrogen and oxygen atoms in total. The van der Waals surface area contributed by atoms with Gasteiger partial charge in [0.05, 0.1) is 12.5 Å². The first-order valence-electron chi connectivity index (χ1n) is 15.8. The SMILES string of the molecule is Cc1c(CCC(=O)OC(C)(C)C)cccc1NC(=O)[C@@H](c1ccc(CN2N=C(c3ccccc3)OCC2=O)cc1)C1CCCC1. The van der Waals surface area contributed by atoms with Gasteiger partial charge in [-0.2, -0.15) is 0 Å². The minimum atomic E-state index is -0.519. The zero-order chi connectivity index (χ0) is 32.0. The number of hydrogen-bond acceptors (Lipinski definition) is 6. The summed E-state index contributed by atoms with van der Waals surface area (Å²) in [6, 6.07) is 23.3. The molecule has 0 spiro atoms. The van der Waals surface area contributed by atoms with E-state index in [4.69, 9.17) is 9.47 Å². The van der Waals surface area contributed by atoms with E-state index in [1.807, 2.05) is 100 Å². The van der Waals surface area contributed by atoms with Crippen LogP contribution in [0.15, 0.2) is 77.9 Å². The van der Waals surface area contributed by atoms with Crippen LogP contribution >= 0.6 is 0 Å². The van der Waals surface area contributed by atoms with Gasteiger partial charge in [0.2, 0.25) is 11.8 Å². The van der Waals surface area contributed by atoms with E-state index in [1.54, 1.807) is 0 Å². The van der Waals surface area contributed by atoms with E-state index in [2.05, 4.69) is 10.4 Å². The third-order valence-electron chi connectivity index (χ3n) is 8.40. The first kappa shape index (κ1) is 31.9. The smallest absolute Gasteiger partial charge is 0.306 e. The number of esters is 1. The number of carbonyl (C=O) groups is 3. The summed E-state index contributed by atoms with van der Waals surface area (Å²) in [6.45, 7) is 7.83. The van der Waals surface area contributed by atoms with Gasteiger partial charge in [0.15, 0.2) is 6.61 Å². The van der Waals surface area contributed by atoms with Crippen molar-refractivity contribution in [3.05, 3.63) is 101 Å². The van der Waals surface area contributed by atoms with Crippen molar-refractivity contribution in [3.8, 4) is 0 Å². The van der Waals surface area contributed by atoms with Crippen LogP contribution in [0.5, 0.6) is 0 Å². The van der Waals surface area contributed by atoms with Gasteiger partial charge in [0.1, 0.15) is 5.60 Å². The summed E-state index contributed by atoms with van der Waals surface area (Å²) in [5.41, 5.74) is 4.92. The first-order chi connectivity index (χ1) is 21.6. The number of carbonyl (C=O) groups excluding carboxylic acids is 3. The lowest BCUT2D eigenvalue weighted by Gasteiger charge is -2.25. The van der Waals surface area contributed by atoms with Gasteiger partial charge < -0.3 is 14.8 Å². The number of ether oxygens (including phenoxy) is 2. The van der Waals surface area contributed by atoms with Crippen molar-refractivity contribution in [2.24, 2.45) is 11.0 Å². The lowest BCUT2D eigenvalue weighted by molar-refractivity contribution is -0.154. The zero-order valence-corrected chi connectivity index (χ0v) is 26.7. The normalized spacial score (nSPS) is 16.1. The topological polar surface area (TPSA) is 97.3 Å². The van der Waals surface area contributed by atoms with Crippen LogP contribution < -0.4 is 5.32 Å². The van der Waals surface area contributed by atoms with Gasteiger partial charge in [0.25, 0.3) is 5.91 Å². The highest BCUT2D eigenvalue weighted by atomic mass is 16.6. The molecular formula is C37H43N3O5. The van der Waals surface area contributed by atoms with E-state index in [9.17, 15) is 14.4 Å². The fraction of sp³-hybridized carbons (Fsp3) is 0.405. The Kier molecular flexibility index (Phi) is 10.0. The lowest BCUT2D eigenvalue weighted by Crippen LogP contribution is -2.36. The van der Waals surface area contributed by atoms with Crippen molar-refractivity contribution in [2.45, 2.75) is 84.3 Å². The zero-order valence-electron chi connectivity index (χ0n) is 26.7. The summed E-state index contributed by atoms with van der Waals surface area (Å²) in [5.74, 6) is -0.0749. The van der Waals surface area contributed by atoms with Gasteiger partial charge >= 0.3 is 5.97 Å². The number of rotatable bonds is 10. The van der Waals surface area contributed by atoms with E-state index in [0.717, 1.165) is 59.2 Å². The van der Waals surface area contributed by atoms with Crippen LogP contribution in [0.2, 0.25) is 0 Å². The Morgan fingerprint density at radius 2 is 1.71 bits per heavy atom. The predicted molar refractivity (Wildman–Crippen MR) is 175 cm³/mol. The van der Waals surface area contributed by atoms with Gasteiger partial charge in [-0.3, -0.25) is 14.4 Å². The van der Waals surface area contributed by atoms with Crippen LogP contribution in [-0.4, -0.2) is 40.9 Å². The molecular weight excluding hydrogens is 566 g/mol. The highest BCUT2D eigenvalue weighted by molar-refractivity contribution is 5.98. The minimum Gasteiger partial charge on any atom is -0.466 e. The Morgan fingerprint density at radius 1 is 1.00 bits per heavy atom. The van der Waals surface area contributed by atoms with Crippen molar-refractivity contribution < 1.29 is 23.9 Å². The number of nitrogens with one attached hydrogen (secondary N) is 1. The maximum Gasteiger partial charge on any atom is 0.306 e. The van der Waals surface area contributed by atoms with Crippen LogP contribution in [0, 0.1) is 12.8 Å². The highest BCUT2D eigenvalue weighted by Gasteiger charge is 2.32. The molecule has 1 N–H and O–H groups in total. The molecule has 2 amide bonds. The predicted octanol–water partition coefficient (Wildman–Crippen LogP) is 6.90. The molecule has 1 heterocycles. The molecule has 0 unspecified atom stereocenters. The van der Waals surface area contributed by atoms with Crippen molar-refractivity contribution in [1.82, 2.24) is 5.01 Å². The summed E-state index contributed by atoms with van der Waals surface area (Å²) in [7, 11) is 0. The molecule has 0 bridgehead atoms. The molecule has 45 heavy (non-hydrogen) atoms. The third kappa shape index (κ3) is 8.38. The first-order valence-corrected chi connectivity index (χ1v) is 15.8. The molecule has 0 saturated heterocycles. The van der Waals surface area contributed by atoms with Crippen molar-refractivity contribution in [1.29, 1.82) is 0 Å². The average Bonchev–Trinajstić information content (AvgIpc) is 3.54. The Balaban J connectivity index is 1.29. The minimum absolute atomic E-state index is 0.0255. The second-order valence-electron chi connectivity index (χ2n) is 12.9. The number of amides is 2. The van der Waals surface area contributed by atoms with E-state index in [0.29, 0.717) is 18.9 Å². The van der Waals surface area contributed by atoms with Crippen LogP contribution in [0.3, 0.4) is 0 Å². The molecule has 1 aliphatic heterocycles. The maximum absolute atomic E-state index is 13.9. The summed E-state index contributed by atoms with van der Waals surface area (Å²) in [6.07, 6.45) is 5.07. The van der Waals surface area contributed by atoms with Crippen LogP contribution in [-0.2, 0) is 36.8 Å². The van der Waals surface area contributed by atoms with Gasteiger partial charge in [-0.05, 0) is 93.3 Å². The van der Waals surface area contributed by atoms with Gasteiger partial charge in [0, 0.05) is 17.7 Å². The fourth-order valence-electron chi connectivity index (χ4n) is 6.11. The summed E-state index contributed by atoms with van der Waals surface area (Å²) in [4.78, 5) is 38.8. The molecule has 8 heteroatoms. The second-order valence-corrected chi connectivity index (χ2v) is 12.9. The van der Waals surface area contributed by atoms with Crippen molar-refractivity contribution in [3.63, 3.8) is 0 Å². The third-order valence-corrected chi connectivity index (χ3v) is 8.40. The van der Waals surface area contributed by atoms with E-state index >= 15 is 0 Å². The van der Waals surface area contributed by atoms with E-state index < -0.39 is 5.60 Å². The molecule has 5 rings (SSSR count). The maximum atomic E-state index is 13.9. The Hall–Kier alpha value is -4.46. The lowest BCUT2D eigenvalue weighted by atomic mass is 9.83. The van der Waals surface area contributed by atoms with Crippen molar-refractivity contribution in [2.75, 3.05) is 11.9 Å². The highest BCUT2D eigenvalue weighted by Crippen LogP contribution is 2.38. The molecule has 1 saturated carbocycles. The fourth-order valence-corrected chi connectivity index (χ4v) is 6.11. The Morgan fingerprint density at radius 3 is 2.40 bits per heavy atom. The number of anilines is 1. The number of hydrogen-bond donors (Lipinski definition) is 1. The molecule has 1 atom stereocenters. The van der Waals surface area contributed by atoms with Crippen molar-refractivity contribution >= 4 is 29.4 Å². The molecule has 236 valence electrons. The summed E-state index contributed by atoms with van der Waals surface area (Å²) >= 11 is 0. The average molecular weight is 610 g/mol. The number of benzene rings is 3. The van der Waals surface area contributed by atoms with Gasteiger partial charge in [-0.1, -0.05) is 67.4 Å². The van der Waals surface area contributed by atoms with E-state index in [1.165, 1.54) is 5.01 Å². The summed E-state index contributed by atoms with van der Waals surface area (Å²) in [5, 5.41) is 9.13. The van der Waals surface area contributed by atoms with Crippen LogP contribution in [0.1, 0.15) is 86.6 Å². The number of aryl methyl sites for hydroxylation is 1. The van der Waals surface area contributed by atoms with Gasteiger partial charge in [-0.25, -0.2) is 5.01 Å². The quantitative estimate of drug-likeness (QED) is 0.252. The van der Waals surface area contributed by atoms with Gasteiger partial charge in [-0.15, -0.1) is 5.10 Å². The van der Waals surface area contributed by atoms with E-state index in [-0.39, 0.29) is 42.6 Å². The second kappa shape index (κ2) is 14.1. The number of nitrogens with zero attached hydrogens (tertiary/aromatic N) is 2. The molecule has 3 aromatic carbocycles.